The van der Waals surface area contributed by atoms with Crippen molar-refractivity contribution in [2.45, 2.75) is 51.4 Å². The molecule has 1 N–H and O–H groups in total. The van der Waals surface area contributed by atoms with Gasteiger partial charge in [-0.3, -0.25) is 14.2 Å². The molecule has 1 fully saturated rings. The van der Waals surface area contributed by atoms with Gasteiger partial charge in [0.2, 0.25) is 5.91 Å². The first kappa shape index (κ1) is 20.2. The monoisotopic (exact) mass is 417 g/mol. The van der Waals surface area contributed by atoms with Gasteiger partial charge >= 0.3 is 6.18 Å². The van der Waals surface area contributed by atoms with Crippen LogP contribution in [0.3, 0.4) is 0 Å². The highest BCUT2D eigenvalue weighted by Gasteiger charge is 2.37. The van der Waals surface area contributed by atoms with Crippen LogP contribution >= 0.6 is 0 Å². The van der Waals surface area contributed by atoms with Crippen molar-refractivity contribution >= 4 is 11.6 Å². The molecule has 0 unspecified atom stereocenters. The second kappa shape index (κ2) is 7.97. The van der Waals surface area contributed by atoms with E-state index in [4.69, 9.17) is 0 Å². The van der Waals surface area contributed by atoms with Crippen LogP contribution in [0.4, 0.5) is 18.9 Å². The van der Waals surface area contributed by atoms with E-state index in [9.17, 15) is 18.0 Å². The smallest absolute Gasteiger partial charge is 0.323 e. The van der Waals surface area contributed by atoms with E-state index in [0.29, 0.717) is 17.9 Å². The molecule has 30 heavy (non-hydrogen) atoms. The third-order valence-electron chi connectivity index (χ3n) is 5.16. The second-order valence-corrected chi connectivity index (χ2v) is 7.60. The average molecular weight is 417 g/mol. The van der Waals surface area contributed by atoms with Crippen molar-refractivity contribution in [3.8, 4) is 0 Å². The standard InChI is InChI=1S/C21H22F3N5O/c1-14-4-2-3-5-16(14)12-28-13-17(11-25-28)26-20(30)8-9-29-18(15-6-7-15)10-19(27-29)21(22,23)24/h2-5,10-11,13,15H,6-9,12H2,1H3,(H,26,30). The number of rotatable bonds is 7. The van der Waals surface area contributed by atoms with Crippen LogP contribution in [-0.4, -0.2) is 25.5 Å². The number of aromatic nitrogens is 4. The Hall–Kier alpha value is -3.10. The zero-order chi connectivity index (χ0) is 21.3. The van der Waals surface area contributed by atoms with Crippen LogP contribution in [0.2, 0.25) is 0 Å². The lowest BCUT2D eigenvalue weighted by molar-refractivity contribution is -0.141. The number of hydrogen-bond donors (Lipinski definition) is 1. The highest BCUT2D eigenvalue weighted by molar-refractivity contribution is 5.90. The topological polar surface area (TPSA) is 64.7 Å². The van der Waals surface area contributed by atoms with Crippen LogP contribution in [0.15, 0.2) is 42.7 Å². The zero-order valence-electron chi connectivity index (χ0n) is 16.5. The maximum Gasteiger partial charge on any atom is 0.435 e. The van der Waals surface area contributed by atoms with Gasteiger partial charge in [0.25, 0.3) is 0 Å². The van der Waals surface area contributed by atoms with Crippen molar-refractivity contribution in [1.82, 2.24) is 19.6 Å². The molecule has 2 heterocycles. The van der Waals surface area contributed by atoms with Crippen LogP contribution in [0.1, 0.15) is 47.7 Å². The van der Waals surface area contributed by atoms with E-state index in [1.807, 2.05) is 31.2 Å². The number of nitrogens with one attached hydrogen (secondary N) is 1. The van der Waals surface area contributed by atoms with Gasteiger partial charge < -0.3 is 5.32 Å². The number of carbonyl (C=O) groups excluding carboxylic acids is 1. The molecule has 1 aromatic carbocycles. The van der Waals surface area contributed by atoms with E-state index < -0.39 is 11.9 Å². The van der Waals surface area contributed by atoms with E-state index >= 15 is 0 Å². The van der Waals surface area contributed by atoms with Gasteiger partial charge in [-0.1, -0.05) is 24.3 Å². The Labute approximate surface area is 171 Å². The van der Waals surface area contributed by atoms with Gasteiger partial charge in [-0.05, 0) is 37.0 Å². The maximum absolute atomic E-state index is 13.0. The van der Waals surface area contributed by atoms with Crippen LogP contribution < -0.4 is 5.32 Å². The molecular formula is C21H22F3N5O. The summed E-state index contributed by atoms with van der Waals surface area (Å²) in [6, 6.07) is 9.08. The van der Waals surface area contributed by atoms with Crippen LogP contribution in [0.25, 0.3) is 0 Å². The maximum atomic E-state index is 13.0. The highest BCUT2D eigenvalue weighted by Crippen LogP contribution is 2.42. The molecule has 0 bridgehead atoms. The fraction of sp³-hybridized carbons (Fsp3) is 0.381. The number of carbonyl (C=O) groups is 1. The normalized spacial score (nSPS) is 14.1. The number of amides is 1. The van der Waals surface area contributed by atoms with Crippen molar-refractivity contribution in [3.63, 3.8) is 0 Å². The molecule has 1 saturated carbocycles. The molecule has 1 aliphatic rings. The predicted octanol–water partition coefficient (Wildman–Crippen LogP) is 4.36. The summed E-state index contributed by atoms with van der Waals surface area (Å²) in [7, 11) is 0. The Bertz CT molecular complexity index is 1050. The van der Waals surface area contributed by atoms with Crippen molar-refractivity contribution in [2.24, 2.45) is 0 Å². The summed E-state index contributed by atoms with van der Waals surface area (Å²) in [5.74, 6) is -0.187. The fourth-order valence-corrected chi connectivity index (χ4v) is 3.36. The van der Waals surface area contributed by atoms with Crippen molar-refractivity contribution in [1.29, 1.82) is 0 Å². The Kier molecular flexibility index (Phi) is 5.36. The van der Waals surface area contributed by atoms with Gasteiger partial charge in [-0.15, -0.1) is 0 Å². The summed E-state index contributed by atoms with van der Waals surface area (Å²) >= 11 is 0. The first-order chi connectivity index (χ1) is 14.3. The number of anilines is 1. The molecule has 0 aliphatic heterocycles. The quantitative estimate of drug-likeness (QED) is 0.621. The van der Waals surface area contributed by atoms with Gasteiger partial charge in [0.15, 0.2) is 5.69 Å². The number of nitrogens with zero attached hydrogens (tertiary/aromatic N) is 4. The largest absolute Gasteiger partial charge is 0.435 e. The summed E-state index contributed by atoms with van der Waals surface area (Å²) in [5.41, 5.74) is 2.49. The molecule has 2 aromatic heterocycles. The Morgan fingerprint density at radius 1 is 1.27 bits per heavy atom. The third-order valence-corrected chi connectivity index (χ3v) is 5.16. The summed E-state index contributed by atoms with van der Waals surface area (Å²) < 4.78 is 42.0. The molecule has 0 spiro atoms. The third kappa shape index (κ3) is 4.72. The van der Waals surface area contributed by atoms with Crippen LogP contribution in [0, 0.1) is 6.92 Å². The summed E-state index contributed by atoms with van der Waals surface area (Å²) in [5, 5.41) is 10.7. The minimum absolute atomic E-state index is 0.0294. The van der Waals surface area contributed by atoms with E-state index in [1.54, 1.807) is 17.1 Å². The molecular weight excluding hydrogens is 395 g/mol. The second-order valence-electron chi connectivity index (χ2n) is 7.60. The van der Waals surface area contributed by atoms with Gasteiger partial charge in [-0.25, -0.2) is 0 Å². The van der Waals surface area contributed by atoms with E-state index in [-0.39, 0.29) is 24.8 Å². The van der Waals surface area contributed by atoms with Gasteiger partial charge in [0, 0.05) is 30.8 Å². The fourth-order valence-electron chi connectivity index (χ4n) is 3.36. The molecule has 0 atom stereocenters. The minimum atomic E-state index is -4.48. The Morgan fingerprint density at radius 3 is 2.73 bits per heavy atom. The Balaban J connectivity index is 1.35. The van der Waals surface area contributed by atoms with E-state index in [1.165, 1.54) is 4.68 Å². The summed E-state index contributed by atoms with van der Waals surface area (Å²) in [6.07, 6.45) is 0.548. The Morgan fingerprint density at radius 2 is 2.03 bits per heavy atom. The van der Waals surface area contributed by atoms with E-state index in [2.05, 4.69) is 15.5 Å². The van der Waals surface area contributed by atoms with Crippen LogP contribution in [-0.2, 0) is 24.1 Å². The van der Waals surface area contributed by atoms with Gasteiger partial charge in [-0.2, -0.15) is 23.4 Å². The molecule has 158 valence electrons. The number of aryl methyl sites for hydroxylation is 2. The van der Waals surface area contributed by atoms with Gasteiger partial charge in [0.05, 0.1) is 18.4 Å². The molecule has 1 amide bonds. The van der Waals surface area contributed by atoms with Crippen molar-refractivity contribution in [3.05, 3.63) is 65.2 Å². The minimum Gasteiger partial charge on any atom is -0.323 e. The lowest BCUT2D eigenvalue weighted by Crippen LogP contribution is -2.16. The van der Waals surface area contributed by atoms with Crippen molar-refractivity contribution in [2.75, 3.05) is 5.32 Å². The predicted molar refractivity (Wildman–Crippen MR) is 105 cm³/mol. The zero-order valence-corrected chi connectivity index (χ0v) is 16.5. The molecule has 6 nitrogen and oxygen atoms in total. The SMILES string of the molecule is Cc1ccccc1Cn1cc(NC(=O)CCn2nc(C(F)(F)F)cc2C2CC2)cn1. The first-order valence-electron chi connectivity index (χ1n) is 9.81. The molecule has 1 aliphatic carbocycles. The van der Waals surface area contributed by atoms with Crippen molar-refractivity contribution < 1.29 is 18.0 Å². The van der Waals surface area contributed by atoms with E-state index in [0.717, 1.165) is 30.0 Å². The first-order valence-corrected chi connectivity index (χ1v) is 9.81. The number of alkyl halides is 3. The molecule has 3 aromatic rings. The number of hydrogen-bond acceptors (Lipinski definition) is 3. The van der Waals surface area contributed by atoms with Crippen LogP contribution in [0.5, 0.6) is 0 Å². The highest BCUT2D eigenvalue weighted by atomic mass is 19.4. The molecule has 9 heteroatoms. The number of halogens is 3. The average Bonchev–Trinajstić information content (AvgIpc) is 3.28. The lowest BCUT2D eigenvalue weighted by Gasteiger charge is -2.07. The molecule has 0 saturated heterocycles. The van der Waals surface area contributed by atoms with Gasteiger partial charge in [0.1, 0.15) is 0 Å². The number of benzene rings is 1. The summed E-state index contributed by atoms with van der Waals surface area (Å²) in [6.45, 7) is 2.71. The molecule has 4 rings (SSSR count). The lowest BCUT2D eigenvalue weighted by atomic mass is 10.1. The summed E-state index contributed by atoms with van der Waals surface area (Å²) in [4.78, 5) is 12.3. The molecule has 0 radical (unpaired) electrons.